The number of nitrogens with two attached hydrogens (primary N) is 2. The molecule has 0 bridgehead atoms. The van der Waals surface area contributed by atoms with E-state index in [1.807, 2.05) is 0 Å². The Morgan fingerprint density at radius 3 is 2.55 bits per heavy atom. The molecule has 114 valence electrons. The Morgan fingerprint density at radius 2 is 1.91 bits per heavy atom. The van der Waals surface area contributed by atoms with Crippen molar-refractivity contribution in [2.24, 2.45) is 16.5 Å². The molecule has 2 rings (SSSR count). The molecule has 0 unspecified atom stereocenters. The van der Waals surface area contributed by atoms with Crippen molar-refractivity contribution in [1.82, 2.24) is 0 Å². The Bertz CT molecular complexity index is 714. The zero-order valence-corrected chi connectivity index (χ0v) is 12.4. The minimum Gasteiger partial charge on any atom is -0.370 e. The van der Waals surface area contributed by atoms with E-state index in [9.17, 15) is 9.18 Å². The number of aliphatic imine (C=N–C) groups is 1. The van der Waals surface area contributed by atoms with Crippen LogP contribution in [0.4, 0.5) is 4.39 Å². The van der Waals surface area contributed by atoms with Gasteiger partial charge in [0.1, 0.15) is 5.82 Å². The fraction of sp³-hybridized carbons (Fsp3) is 0.125. The molecule has 0 aromatic heterocycles. The van der Waals surface area contributed by atoms with Crippen molar-refractivity contribution in [3.05, 3.63) is 70.5 Å². The van der Waals surface area contributed by atoms with Gasteiger partial charge < -0.3 is 11.5 Å². The molecular formula is C16H15ClFN3O. The molecule has 0 aliphatic rings. The first-order valence-electron chi connectivity index (χ1n) is 6.59. The summed E-state index contributed by atoms with van der Waals surface area (Å²) in [6.45, 7) is 0. The van der Waals surface area contributed by atoms with E-state index in [1.165, 1.54) is 12.1 Å². The van der Waals surface area contributed by atoms with Gasteiger partial charge in [-0.1, -0.05) is 35.9 Å². The van der Waals surface area contributed by atoms with E-state index < -0.39 is 11.8 Å². The van der Waals surface area contributed by atoms with Crippen LogP contribution in [0.15, 0.2) is 53.5 Å². The molecule has 0 heterocycles. The van der Waals surface area contributed by atoms with Crippen molar-refractivity contribution in [1.29, 1.82) is 0 Å². The van der Waals surface area contributed by atoms with Gasteiger partial charge in [-0.05, 0) is 41.8 Å². The van der Waals surface area contributed by atoms with Crippen LogP contribution in [0, 0.1) is 5.82 Å². The Kier molecular flexibility index (Phi) is 5.12. The summed E-state index contributed by atoms with van der Waals surface area (Å²) in [6, 6.07) is 12.9. The van der Waals surface area contributed by atoms with Gasteiger partial charge >= 0.3 is 0 Å². The van der Waals surface area contributed by atoms with Crippen LogP contribution in [-0.4, -0.2) is 11.9 Å². The number of carbonyl (C=O) groups excluding carboxylic acids is 1. The zero-order valence-electron chi connectivity index (χ0n) is 11.7. The van der Waals surface area contributed by atoms with Crippen LogP contribution >= 0.6 is 11.6 Å². The normalized spacial score (nSPS) is 11.7. The van der Waals surface area contributed by atoms with Gasteiger partial charge in [-0.3, -0.25) is 4.79 Å². The molecular weight excluding hydrogens is 305 g/mol. The Hall–Kier alpha value is -2.40. The summed E-state index contributed by atoms with van der Waals surface area (Å²) in [5, 5.41) is 0.499. The molecule has 2 aromatic carbocycles. The molecule has 0 saturated heterocycles. The van der Waals surface area contributed by atoms with Crippen molar-refractivity contribution in [3.8, 4) is 0 Å². The maximum absolute atomic E-state index is 13.3. The minimum atomic E-state index is -0.636. The van der Waals surface area contributed by atoms with Crippen molar-refractivity contribution >= 4 is 23.5 Å². The van der Waals surface area contributed by atoms with Crippen LogP contribution in [-0.2, 0) is 11.2 Å². The topological polar surface area (TPSA) is 81.5 Å². The Morgan fingerprint density at radius 1 is 1.18 bits per heavy atom. The maximum Gasteiger partial charge on any atom is 0.256 e. The third-order valence-corrected chi connectivity index (χ3v) is 3.35. The molecule has 0 aliphatic carbocycles. The second-order valence-corrected chi connectivity index (χ2v) is 5.25. The summed E-state index contributed by atoms with van der Waals surface area (Å²) >= 11 is 5.97. The number of amides is 1. The predicted molar refractivity (Wildman–Crippen MR) is 85.1 cm³/mol. The number of hydrogen-bond acceptors (Lipinski definition) is 1. The smallest absolute Gasteiger partial charge is 0.256 e. The molecule has 0 fully saturated rings. The molecule has 6 heteroatoms. The van der Waals surface area contributed by atoms with Gasteiger partial charge in [0.2, 0.25) is 0 Å². The van der Waals surface area contributed by atoms with Gasteiger partial charge in [0.25, 0.3) is 5.91 Å². The maximum atomic E-state index is 13.3. The molecule has 1 amide bonds. The summed E-state index contributed by atoms with van der Waals surface area (Å²) in [7, 11) is 0. The highest BCUT2D eigenvalue weighted by atomic mass is 35.5. The number of halogens is 2. The zero-order chi connectivity index (χ0) is 16.1. The molecule has 2 aromatic rings. The first-order valence-corrected chi connectivity index (χ1v) is 6.97. The van der Waals surface area contributed by atoms with Crippen LogP contribution in [0.3, 0.4) is 0 Å². The van der Waals surface area contributed by atoms with E-state index in [2.05, 4.69) is 4.99 Å². The second-order valence-electron chi connectivity index (χ2n) is 4.82. The lowest BCUT2D eigenvalue weighted by Gasteiger charge is -2.14. The van der Waals surface area contributed by atoms with Crippen molar-refractivity contribution < 1.29 is 9.18 Å². The number of carbonyl (C=O) groups is 1. The van der Waals surface area contributed by atoms with E-state index in [4.69, 9.17) is 23.1 Å². The summed E-state index contributed by atoms with van der Waals surface area (Å²) < 4.78 is 13.3. The van der Waals surface area contributed by atoms with Gasteiger partial charge in [-0.2, -0.15) is 4.99 Å². The third-order valence-electron chi connectivity index (χ3n) is 3.12. The van der Waals surface area contributed by atoms with Crippen molar-refractivity contribution in [2.45, 2.75) is 12.3 Å². The second kappa shape index (κ2) is 7.04. The van der Waals surface area contributed by atoms with E-state index in [0.29, 0.717) is 16.1 Å². The first-order chi connectivity index (χ1) is 10.5. The van der Waals surface area contributed by atoms with Gasteiger partial charge in [-0.25, -0.2) is 4.39 Å². The van der Waals surface area contributed by atoms with Gasteiger partial charge in [0.05, 0.1) is 5.92 Å². The van der Waals surface area contributed by atoms with Gasteiger partial charge in [0.15, 0.2) is 5.96 Å². The lowest BCUT2D eigenvalue weighted by Crippen LogP contribution is -2.26. The fourth-order valence-electron chi connectivity index (χ4n) is 2.18. The van der Waals surface area contributed by atoms with Gasteiger partial charge in [0, 0.05) is 5.02 Å². The van der Waals surface area contributed by atoms with Crippen LogP contribution < -0.4 is 11.5 Å². The molecule has 1 atom stereocenters. The van der Waals surface area contributed by atoms with Gasteiger partial charge in [-0.15, -0.1) is 0 Å². The molecule has 4 nitrogen and oxygen atoms in total. The number of benzene rings is 2. The number of rotatable bonds is 4. The van der Waals surface area contributed by atoms with Crippen molar-refractivity contribution in [2.75, 3.05) is 0 Å². The summed E-state index contributed by atoms with van der Waals surface area (Å²) in [5.41, 5.74) is 11.9. The minimum absolute atomic E-state index is 0.272. The molecule has 0 radical (unpaired) electrons. The molecule has 0 spiro atoms. The van der Waals surface area contributed by atoms with E-state index >= 15 is 0 Å². The number of nitrogens with zero attached hydrogens (tertiary/aromatic N) is 1. The molecule has 22 heavy (non-hydrogen) atoms. The summed E-state index contributed by atoms with van der Waals surface area (Å²) in [5.74, 6) is -1.80. The van der Waals surface area contributed by atoms with E-state index in [0.717, 1.165) is 0 Å². The lowest BCUT2D eigenvalue weighted by atomic mass is 9.91. The highest BCUT2D eigenvalue weighted by Crippen LogP contribution is 2.25. The van der Waals surface area contributed by atoms with Crippen molar-refractivity contribution in [3.63, 3.8) is 0 Å². The first kappa shape index (κ1) is 16.0. The predicted octanol–water partition coefficient (Wildman–Crippen LogP) is 2.61. The quantitative estimate of drug-likeness (QED) is 0.671. The highest BCUT2D eigenvalue weighted by Gasteiger charge is 2.21. The SMILES string of the molecule is NC(N)=NC(=O)[C@H](Cc1cccc(F)c1)c1cccc(Cl)c1. The van der Waals surface area contributed by atoms with Crippen LogP contribution in [0.2, 0.25) is 5.02 Å². The van der Waals surface area contributed by atoms with E-state index in [-0.39, 0.29) is 18.2 Å². The Balaban J connectivity index is 2.37. The molecule has 0 saturated carbocycles. The fourth-order valence-corrected chi connectivity index (χ4v) is 2.37. The number of guanidine groups is 1. The summed E-state index contributed by atoms with van der Waals surface area (Å²) in [4.78, 5) is 15.9. The highest BCUT2D eigenvalue weighted by molar-refractivity contribution is 6.30. The number of hydrogen-bond donors (Lipinski definition) is 2. The summed E-state index contributed by atoms with van der Waals surface area (Å²) in [6.07, 6.45) is 0.272. The van der Waals surface area contributed by atoms with Crippen LogP contribution in [0.1, 0.15) is 17.0 Å². The third kappa shape index (κ3) is 4.30. The molecule has 4 N–H and O–H groups in total. The average molecular weight is 320 g/mol. The van der Waals surface area contributed by atoms with Crippen LogP contribution in [0.25, 0.3) is 0 Å². The monoisotopic (exact) mass is 319 g/mol. The molecule has 0 aliphatic heterocycles. The largest absolute Gasteiger partial charge is 0.370 e. The Labute approximate surface area is 132 Å². The lowest BCUT2D eigenvalue weighted by molar-refractivity contribution is -0.119. The standard InChI is InChI=1S/C16H15ClFN3O/c17-12-5-2-4-11(9-12)14(15(22)21-16(19)20)8-10-3-1-6-13(18)7-10/h1-7,9,14H,8H2,(H4,19,20,21,22)/t14-/m1/s1. The van der Waals surface area contributed by atoms with Crippen LogP contribution in [0.5, 0.6) is 0 Å². The average Bonchev–Trinajstić information content (AvgIpc) is 2.44. The van der Waals surface area contributed by atoms with E-state index in [1.54, 1.807) is 36.4 Å².